The molecule has 0 saturated heterocycles. The zero-order valence-corrected chi connectivity index (χ0v) is 12.2. The van der Waals surface area contributed by atoms with Gasteiger partial charge in [0, 0.05) is 6.07 Å². The third-order valence-electron chi connectivity index (χ3n) is 2.88. The standard InChI is InChI=1S/C14H18NS2/c1-4-15(5-2)14-10-13(16-17-14)12-8-6-11(3)7-9-12/h6-10H,4-5H2,1-3H3/q+1. The van der Waals surface area contributed by atoms with Gasteiger partial charge in [-0.3, -0.25) is 0 Å². The van der Waals surface area contributed by atoms with E-state index in [0.717, 1.165) is 13.1 Å². The second-order valence-electron chi connectivity index (χ2n) is 4.05. The Kier molecular flexibility index (Phi) is 4.13. The van der Waals surface area contributed by atoms with Crippen LogP contribution in [0, 0.1) is 6.92 Å². The average molecular weight is 264 g/mol. The zero-order chi connectivity index (χ0) is 12.3. The van der Waals surface area contributed by atoms with Gasteiger partial charge in [0.15, 0.2) is 0 Å². The van der Waals surface area contributed by atoms with E-state index in [-0.39, 0.29) is 0 Å². The van der Waals surface area contributed by atoms with E-state index in [1.54, 1.807) is 0 Å². The molecule has 0 aliphatic carbocycles. The summed E-state index contributed by atoms with van der Waals surface area (Å²) in [6.07, 6.45) is 0. The van der Waals surface area contributed by atoms with Gasteiger partial charge in [0.25, 0.3) is 4.67 Å². The highest BCUT2D eigenvalue weighted by Gasteiger charge is 2.06. The van der Waals surface area contributed by atoms with E-state index >= 15 is 0 Å². The van der Waals surface area contributed by atoms with Crippen molar-refractivity contribution in [2.24, 2.45) is 0 Å². The van der Waals surface area contributed by atoms with Crippen LogP contribution in [-0.2, 0) is 0 Å². The number of nitrogens with zero attached hydrogens (tertiary/aromatic N) is 1. The maximum atomic E-state index is 2.40. The quantitative estimate of drug-likeness (QED) is 0.588. The largest absolute Gasteiger partial charge is 0.267 e. The number of rotatable bonds is 3. The Morgan fingerprint density at radius 2 is 1.65 bits per heavy atom. The van der Waals surface area contributed by atoms with Gasteiger partial charge < -0.3 is 0 Å². The second-order valence-corrected chi connectivity index (χ2v) is 6.24. The van der Waals surface area contributed by atoms with Gasteiger partial charge in [-0.05, 0) is 36.7 Å². The molecule has 0 fully saturated rings. The van der Waals surface area contributed by atoms with Crippen LogP contribution in [0.5, 0.6) is 0 Å². The molecule has 0 aliphatic heterocycles. The van der Waals surface area contributed by atoms with Gasteiger partial charge in [-0.1, -0.05) is 40.2 Å². The summed E-state index contributed by atoms with van der Waals surface area (Å²) < 4.78 is 3.79. The van der Waals surface area contributed by atoms with Crippen molar-refractivity contribution in [2.45, 2.75) is 20.8 Å². The summed E-state index contributed by atoms with van der Waals surface area (Å²) in [5.41, 5.74) is 2.65. The number of aryl methyl sites for hydroxylation is 1. The second kappa shape index (κ2) is 5.61. The van der Waals surface area contributed by atoms with E-state index in [9.17, 15) is 0 Å². The molecule has 0 aliphatic rings. The van der Waals surface area contributed by atoms with Crippen LogP contribution in [0.15, 0.2) is 30.3 Å². The lowest BCUT2D eigenvalue weighted by atomic mass is 10.1. The molecule has 17 heavy (non-hydrogen) atoms. The molecular formula is C14H18NS2+. The van der Waals surface area contributed by atoms with E-state index in [4.69, 9.17) is 0 Å². The van der Waals surface area contributed by atoms with Gasteiger partial charge in [0.1, 0.15) is 13.1 Å². The lowest BCUT2D eigenvalue weighted by Crippen LogP contribution is -2.26. The van der Waals surface area contributed by atoms with Crippen LogP contribution in [0.3, 0.4) is 0 Å². The van der Waals surface area contributed by atoms with Crippen LogP contribution < -0.4 is 9.25 Å². The molecule has 1 heterocycles. The van der Waals surface area contributed by atoms with Crippen LogP contribution >= 0.6 is 20.7 Å². The van der Waals surface area contributed by atoms with Gasteiger partial charge in [0.05, 0.1) is 4.88 Å². The van der Waals surface area contributed by atoms with Crippen molar-refractivity contribution in [1.82, 2.24) is 4.58 Å². The predicted octanol–water partition coefficient (Wildman–Crippen LogP) is 3.60. The molecule has 1 aromatic carbocycles. The molecule has 1 nitrogen and oxygen atoms in total. The first-order chi connectivity index (χ1) is 8.24. The van der Waals surface area contributed by atoms with E-state index in [1.807, 2.05) is 20.7 Å². The molecule has 0 saturated carbocycles. The molecule has 0 amide bonds. The zero-order valence-electron chi connectivity index (χ0n) is 10.6. The van der Waals surface area contributed by atoms with Crippen molar-refractivity contribution in [1.29, 1.82) is 0 Å². The normalized spacial score (nSPS) is 10.5. The predicted molar refractivity (Wildman–Crippen MR) is 78.7 cm³/mol. The summed E-state index contributed by atoms with van der Waals surface area (Å²) in [6, 6.07) is 11.1. The minimum Gasteiger partial charge on any atom is -0.221 e. The fourth-order valence-electron chi connectivity index (χ4n) is 1.78. The van der Waals surface area contributed by atoms with E-state index in [0.29, 0.717) is 0 Å². The molecule has 1 aromatic heterocycles. The summed E-state index contributed by atoms with van der Waals surface area (Å²) in [4.78, 5) is 1.37. The number of hydrogen-bond donors (Lipinski definition) is 0. The van der Waals surface area contributed by atoms with Gasteiger partial charge >= 0.3 is 0 Å². The van der Waals surface area contributed by atoms with Gasteiger partial charge in [0.2, 0.25) is 0 Å². The van der Waals surface area contributed by atoms with Crippen LogP contribution in [0.25, 0.3) is 10.4 Å². The first-order valence-electron chi connectivity index (χ1n) is 5.99. The lowest BCUT2D eigenvalue weighted by Gasteiger charge is -1.96. The fourth-order valence-corrected chi connectivity index (χ4v) is 4.37. The minimum absolute atomic E-state index is 1.08. The third-order valence-corrected chi connectivity index (χ3v) is 5.35. The van der Waals surface area contributed by atoms with E-state index in [1.165, 1.54) is 20.7 Å². The van der Waals surface area contributed by atoms with Gasteiger partial charge in [-0.2, -0.15) is 0 Å². The molecule has 0 radical (unpaired) electrons. The van der Waals surface area contributed by atoms with Gasteiger partial charge in [-0.25, -0.2) is 4.58 Å². The Hall–Kier alpha value is -0.930. The minimum atomic E-state index is 1.08. The Balaban J connectivity index is 2.42. The Morgan fingerprint density at radius 1 is 1.00 bits per heavy atom. The summed E-state index contributed by atoms with van der Waals surface area (Å²) in [7, 11) is 3.74. The molecule has 0 N–H and O–H groups in total. The first kappa shape index (κ1) is 12.5. The summed E-state index contributed by atoms with van der Waals surface area (Å²) in [6.45, 7) is 8.70. The van der Waals surface area contributed by atoms with E-state index < -0.39 is 0 Å². The third kappa shape index (κ3) is 2.85. The van der Waals surface area contributed by atoms with Crippen molar-refractivity contribution < 1.29 is 0 Å². The van der Waals surface area contributed by atoms with Crippen molar-refractivity contribution >= 4 is 20.7 Å². The lowest BCUT2D eigenvalue weighted by molar-refractivity contribution is 0.636. The summed E-state index contributed by atoms with van der Waals surface area (Å²) >= 11 is 0. The Bertz CT molecular complexity index is 540. The van der Waals surface area contributed by atoms with Crippen molar-refractivity contribution in [3.05, 3.63) is 40.6 Å². The smallest absolute Gasteiger partial charge is 0.221 e. The summed E-state index contributed by atoms with van der Waals surface area (Å²) in [5.74, 6) is 0. The highest BCUT2D eigenvalue weighted by Crippen LogP contribution is 2.25. The van der Waals surface area contributed by atoms with Crippen LogP contribution in [0.1, 0.15) is 19.4 Å². The average Bonchev–Trinajstić information content (AvgIpc) is 2.81. The van der Waals surface area contributed by atoms with Crippen molar-refractivity contribution in [3.63, 3.8) is 0 Å². The molecule has 90 valence electrons. The maximum Gasteiger partial charge on any atom is 0.267 e. The molecule has 0 atom stereocenters. The molecule has 0 spiro atoms. The first-order valence-corrected chi connectivity index (χ1v) is 8.14. The number of benzene rings is 1. The van der Waals surface area contributed by atoms with Gasteiger partial charge in [-0.15, -0.1) is 0 Å². The molecule has 2 aromatic rings. The Morgan fingerprint density at radius 3 is 2.24 bits per heavy atom. The number of hydrogen-bond acceptors (Lipinski definition) is 2. The molecular weight excluding hydrogens is 246 g/mol. The summed E-state index contributed by atoms with van der Waals surface area (Å²) in [5, 5.41) is 0. The van der Waals surface area contributed by atoms with E-state index in [2.05, 4.69) is 55.7 Å². The Labute approximate surface area is 110 Å². The highest BCUT2D eigenvalue weighted by atomic mass is 32.9. The SMILES string of the molecule is CC[N+](CC)=c1cc(-c2ccc(C)cc2)ss1. The monoisotopic (exact) mass is 264 g/mol. The van der Waals surface area contributed by atoms with Crippen LogP contribution in [-0.4, -0.2) is 13.1 Å². The topological polar surface area (TPSA) is 3.01 Å². The van der Waals surface area contributed by atoms with Crippen molar-refractivity contribution in [3.8, 4) is 10.4 Å². The fraction of sp³-hybridized carbons (Fsp3) is 0.357. The van der Waals surface area contributed by atoms with Crippen molar-refractivity contribution in [2.75, 3.05) is 13.1 Å². The van der Waals surface area contributed by atoms with Crippen LogP contribution in [0.2, 0.25) is 0 Å². The molecule has 3 heteroatoms. The van der Waals surface area contributed by atoms with Crippen LogP contribution in [0.4, 0.5) is 0 Å². The highest BCUT2D eigenvalue weighted by molar-refractivity contribution is 7.69. The maximum absolute atomic E-state index is 2.40. The molecule has 0 unspecified atom stereocenters. The molecule has 0 bridgehead atoms. The molecule has 2 rings (SSSR count).